The smallest absolute Gasteiger partial charge is 0.234 e. The largest absolute Gasteiger partial charge is 0.477 e. The summed E-state index contributed by atoms with van der Waals surface area (Å²) in [6.07, 6.45) is 3.84. The topological polar surface area (TPSA) is 76.6 Å². The monoisotopic (exact) mass is 279 g/mol. The van der Waals surface area contributed by atoms with E-state index in [0.717, 1.165) is 17.3 Å². The van der Waals surface area contributed by atoms with E-state index in [1.165, 1.54) is 6.33 Å². The zero-order chi connectivity index (χ0) is 14.7. The van der Waals surface area contributed by atoms with E-state index in [4.69, 9.17) is 4.74 Å². The van der Waals surface area contributed by atoms with Crippen molar-refractivity contribution in [3.05, 3.63) is 42.5 Å². The number of ether oxygens (including phenoxy) is 1. The maximum absolute atomic E-state index is 9.53. The fourth-order valence-electron chi connectivity index (χ4n) is 2.14. The van der Waals surface area contributed by atoms with Crippen LogP contribution in [0.4, 0.5) is 0 Å². The zero-order valence-corrected chi connectivity index (χ0v) is 11.5. The van der Waals surface area contributed by atoms with Gasteiger partial charge in [-0.1, -0.05) is 25.1 Å². The summed E-state index contributed by atoms with van der Waals surface area (Å²) >= 11 is 0. The molecule has 0 aliphatic carbocycles. The molecule has 0 atom stereocenters. The van der Waals surface area contributed by atoms with Gasteiger partial charge in [-0.25, -0.2) is 14.6 Å². The Morgan fingerprint density at radius 1 is 1.33 bits per heavy atom. The van der Waals surface area contributed by atoms with Crippen LogP contribution in [-0.4, -0.2) is 26.4 Å². The Labute approximate surface area is 121 Å². The van der Waals surface area contributed by atoms with E-state index in [0.29, 0.717) is 23.7 Å². The van der Waals surface area contributed by atoms with Crippen molar-refractivity contribution in [3.8, 4) is 17.6 Å². The number of fused-ring (bicyclic) bond motifs is 1. The van der Waals surface area contributed by atoms with Crippen LogP contribution >= 0.6 is 0 Å². The van der Waals surface area contributed by atoms with Gasteiger partial charge in [0.15, 0.2) is 0 Å². The summed E-state index contributed by atoms with van der Waals surface area (Å²) in [5, 5.41) is 14.5. The molecule has 0 saturated carbocycles. The van der Waals surface area contributed by atoms with Crippen molar-refractivity contribution >= 4 is 10.9 Å². The molecule has 0 saturated heterocycles. The molecule has 2 heterocycles. The van der Waals surface area contributed by atoms with Gasteiger partial charge >= 0.3 is 0 Å². The van der Waals surface area contributed by atoms with Crippen molar-refractivity contribution in [1.82, 2.24) is 19.7 Å². The quantitative estimate of drug-likeness (QED) is 0.733. The number of hydrogen-bond donors (Lipinski definition) is 0. The predicted octanol–water partition coefficient (Wildman–Crippen LogP) is 2.48. The van der Waals surface area contributed by atoms with Gasteiger partial charge in [-0.3, -0.25) is 0 Å². The molecule has 0 aliphatic rings. The van der Waals surface area contributed by atoms with E-state index in [1.807, 2.05) is 31.2 Å². The highest BCUT2D eigenvalue weighted by Gasteiger charge is 2.18. The summed E-state index contributed by atoms with van der Waals surface area (Å²) < 4.78 is 7.20. The molecule has 3 rings (SSSR count). The number of nitriles is 1. The highest BCUT2D eigenvalue weighted by atomic mass is 16.5. The lowest BCUT2D eigenvalue weighted by molar-refractivity contribution is 0.305. The lowest BCUT2D eigenvalue weighted by Crippen LogP contribution is -2.06. The third-order valence-electron chi connectivity index (χ3n) is 3.03. The molecule has 6 heteroatoms. The number of benzene rings is 1. The molecule has 0 bridgehead atoms. The molecule has 6 nitrogen and oxygen atoms in total. The SMILES string of the molecule is CCCOc1nc2ccccc2c(-n2cncn2)c1C#N. The molecule has 0 amide bonds. The molecule has 1 aromatic carbocycles. The lowest BCUT2D eigenvalue weighted by atomic mass is 10.1. The van der Waals surface area contributed by atoms with Crippen LogP contribution in [0.15, 0.2) is 36.9 Å². The Balaban J connectivity index is 2.33. The molecular formula is C15H13N5O. The highest BCUT2D eigenvalue weighted by Crippen LogP contribution is 2.30. The van der Waals surface area contributed by atoms with Gasteiger partial charge in [0.1, 0.15) is 24.3 Å². The van der Waals surface area contributed by atoms with E-state index in [9.17, 15) is 5.26 Å². The van der Waals surface area contributed by atoms with Crippen molar-refractivity contribution in [1.29, 1.82) is 5.26 Å². The fourth-order valence-corrected chi connectivity index (χ4v) is 2.14. The Bertz CT molecular complexity index is 805. The maximum atomic E-state index is 9.53. The minimum absolute atomic E-state index is 0.337. The van der Waals surface area contributed by atoms with Crippen LogP contribution in [-0.2, 0) is 0 Å². The Hall–Kier alpha value is -2.94. The van der Waals surface area contributed by atoms with Gasteiger partial charge in [0.2, 0.25) is 5.88 Å². The van der Waals surface area contributed by atoms with Gasteiger partial charge in [-0.2, -0.15) is 10.4 Å². The minimum Gasteiger partial charge on any atom is -0.477 e. The maximum Gasteiger partial charge on any atom is 0.234 e. The third kappa shape index (κ3) is 2.30. The van der Waals surface area contributed by atoms with E-state index < -0.39 is 0 Å². The predicted molar refractivity (Wildman–Crippen MR) is 77.2 cm³/mol. The first kappa shape index (κ1) is 13.1. The number of hydrogen-bond acceptors (Lipinski definition) is 5. The van der Waals surface area contributed by atoms with Crippen molar-refractivity contribution in [2.45, 2.75) is 13.3 Å². The van der Waals surface area contributed by atoms with E-state index in [2.05, 4.69) is 21.1 Å². The molecular weight excluding hydrogens is 266 g/mol. The van der Waals surface area contributed by atoms with Gasteiger partial charge in [0.25, 0.3) is 0 Å². The second kappa shape index (κ2) is 5.59. The Kier molecular flexibility index (Phi) is 3.48. The van der Waals surface area contributed by atoms with E-state index in [1.54, 1.807) is 11.0 Å². The average molecular weight is 279 g/mol. The van der Waals surface area contributed by atoms with Gasteiger partial charge in [-0.15, -0.1) is 0 Å². The number of aromatic nitrogens is 4. The number of pyridine rings is 1. The summed E-state index contributed by atoms with van der Waals surface area (Å²) in [6, 6.07) is 9.77. The third-order valence-corrected chi connectivity index (χ3v) is 3.03. The second-order valence-electron chi connectivity index (χ2n) is 4.46. The second-order valence-corrected chi connectivity index (χ2v) is 4.46. The number of nitrogens with zero attached hydrogens (tertiary/aromatic N) is 5. The molecule has 0 unspecified atom stereocenters. The van der Waals surface area contributed by atoms with Crippen molar-refractivity contribution in [2.24, 2.45) is 0 Å². The van der Waals surface area contributed by atoms with Gasteiger partial charge < -0.3 is 4.74 Å². The normalized spacial score (nSPS) is 10.5. The summed E-state index contributed by atoms with van der Waals surface area (Å²) in [6.45, 7) is 2.52. The first-order chi connectivity index (χ1) is 10.3. The molecule has 104 valence electrons. The summed E-state index contributed by atoms with van der Waals surface area (Å²) in [4.78, 5) is 8.40. The summed E-state index contributed by atoms with van der Waals surface area (Å²) in [7, 11) is 0. The van der Waals surface area contributed by atoms with Crippen LogP contribution in [0.5, 0.6) is 5.88 Å². The van der Waals surface area contributed by atoms with Crippen LogP contribution in [0.2, 0.25) is 0 Å². The summed E-state index contributed by atoms with van der Waals surface area (Å²) in [5.41, 5.74) is 1.77. The Morgan fingerprint density at radius 3 is 2.90 bits per heavy atom. The summed E-state index contributed by atoms with van der Waals surface area (Å²) in [5.74, 6) is 0.337. The van der Waals surface area contributed by atoms with Crippen LogP contribution in [0.1, 0.15) is 18.9 Å². The molecule has 0 fully saturated rings. The molecule has 2 aromatic heterocycles. The van der Waals surface area contributed by atoms with E-state index in [-0.39, 0.29) is 0 Å². The van der Waals surface area contributed by atoms with Crippen molar-refractivity contribution in [2.75, 3.05) is 6.61 Å². The van der Waals surface area contributed by atoms with Gasteiger partial charge in [0, 0.05) is 5.39 Å². The highest BCUT2D eigenvalue weighted by molar-refractivity contribution is 5.90. The van der Waals surface area contributed by atoms with Gasteiger partial charge in [-0.05, 0) is 12.5 Å². The Morgan fingerprint density at radius 2 is 2.19 bits per heavy atom. The molecule has 0 N–H and O–H groups in total. The van der Waals surface area contributed by atoms with E-state index >= 15 is 0 Å². The molecule has 0 aliphatic heterocycles. The van der Waals surface area contributed by atoms with Crippen molar-refractivity contribution < 1.29 is 4.74 Å². The molecule has 21 heavy (non-hydrogen) atoms. The standard InChI is InChI=1S/C15H13N5O/c1-2-7-21-15-12(8-16)14(20-10-17-9-18-20)11-5-3-4-6-13(11)19-15/h3-6,9-10H,2,7H2,1H3. The fraction of sp³-hybridized carbons (Fsp3) is 0.200. The average Bonchev–Trinajstić information content (AvgIpc) is 3.05. The minimum atomic E-state index is 0.337. The van der Waals surface area contributed by atoms with Crippen LogP contribution < -0.4 is 4.74 Å². The number of para-hydroxylation sites is 1. The van der Waals surface area contributed by atoms with Gasteiger partial charge in [0.05, 0.1) is 17.8 Å². The first-order valence-electron chi connectivity index (χ1n) is 6.65. The van der Waals surface area contributed by atoms with Crippen LogP contribution in [0.3, 0.4) is 0 Å². The molecule has 3 aromatic rings. The molecule has 0 spiro atoms. The number of rotatable bonds is 4. The lowest BCUT2D eigenvalue weighted by Gasteiger charge is -2.12. The van der Waals surface area contributed by atoms with Crippen LogP contribution in [0.25, 0.3) is 16.6 Å². The van der Waals surface area contributed by atoms with Crippen LogP contribution in [0, 0.1) is 11.3 Å². The zero-order valence-electron chi connectivity index (χ0n) is 11.5. The molecule has 0 radical (unpaired) electrons. The van der Waals surface area contributed by atoms with Crippen molar-refractivity contribution in [3.63, 3.8) is 0 Å². The first-order valence-corrected chi connectivity index (χ1v) is 6.65.